The molecule has 0 unspecified atom stereocenters. The maximum Gasteiger partial charge on any atom is 0.709 e. The Morgan fingerprint density at radius 3 is 2.38 bits per heavy atom. The average Bonchev–Trinajstić information content (AvgIpc) is 1.65. The number of hydrogen-bond acceptors (Lipinski definition) is 5. The van der Waals surface area contributed by atoms with Crippen LogP contribution in [0.3, 0.4) is 0 Å². The van der Waals surface area contributed by atoms with Crippen LogP contribution in [0.2, 0.25) is 0 Å². The van der Waals surface area contributed by atoms with Crippen LogP contribution in [0.4, 0.5) is 0 Å². The Balaban J connectivity index is 3.25. The molecule has 0 aliphatic carbocycles. The zero-order chi connectivity index (χ0) is 6.57. The Kier molecular flexibility index (Phi) is 3.17. The molecule has 0 aromatic carbocycles. The Morgan fingerprint density at radius 2 is 2.25 bits per heavy atom. The van der Waals surface area contributed by atoms with Crippen molar-refractivity contribution in [1.29, 1.82) is 0 Å². The van der Waals surface area contributed by atoms with Crippen molar-refractivity contribution in [2.45, 2.75) is 0 Å². The molecule has 0 spiro atoms. The number of nitrogens with two attached hydrogens (primary N) is 1. The van der Waals surface area contributed by atoms with E-state index in [4.69, 9.17) is 15.8 Å². The summed E-state index contributed by atoms with van der Waals surface area (Å²) in [5.74, 6) is -0.847. The largest absolute Gasteiger partial charge is 0.709 e. The quantitative estimate of drug-likeness (QED) is 0.348. The van der Waals surface area contributed by atoms with Crippen LogP contribution < -0.4 is 5.73 Å². The van der Waals surface area contributed by atoms with E-state index in [0.29, 0.717) is 0 Å². The van der Waals surface area contributed by atoms with Gasteiger partial charge >= 0.3 is 13.3 Å². The molecule has 0 radical (unpaired) electrons. The van der Waals surface area contributed by atoms with E-state index >= 15 is 0 Å². The third-order valence-electron chi connectivity index (χ3n) is 0.404. The molecule has 0 aromatic heterocycles. The van der Waals surface area contributed by atoms with Gasteiger partial charge in [-0.2, -0.15) is 0 Å². The standard InChI is InChI=1S/C2H6BNO4/c4-1-2(5)8-3(6)7/h6-7H,1,4H2. The van der Waals surface area contributed by atoms with Gasteiger partial charge in [0.2, 0.25) is 0 Å². The van der Waals surface area contributed by atoms with Gasteiger partial charge in [0.25, 0.3) is 0 Å². The van der Waals surface area contributed by atoms with E-state index < -0.39 is 13.3 Å². The minimum Gasteiger partial charge on any atom is -0.484 e. The Morgan fingerprint density at radius 1 is 1.75 bits per heavy atom. The fraction of sp³-hybridized carbons (Fsp3) is 0.500. The third-order valence-corrected chi connectivity index (χ3v) is 0.404. The van der Waals surface area contributed by atoms with Gasteiger partial charge in [-0.25, -0.2) is 0 Å². The molecule has 0 aliphatic heterocycles. The number of carbonyl (C=O) groups is 1. The predicted molar refractivity (Wildman–Crippen MR) is 25.3 cm³/mol. The minimum atomic E-state index is -2.05. The monoisotopic (exact) mass is 119 g/mol. The van der Waals surface area contributed by atoms with Crippen LogP contribution in [-0.4, -0.2) is 29.9 Å². The summed E-state index contributed by atoms with van der Waals surface area (Å²) in [6, 6.07) is 0. The minimum absolute atomic E-state index is 0.350. The first-order valence-electron chi connectivity index (χ1n) is 1.92. The lowest BCUT2D eigenvalue weighted by Gasteiger charge is -1.97. The highest BCUT2D eigenvalue weighted by Gasteiger charge is 2.13. The van der Waals surface area contributed by atoms with Gasteiger partial charge in [0, 0.05) is 0 Å². The molecule has 0 amide bonds. The van der Waals surface area contributed by atoms with Crippen molar-refractivity contribution in [3.63, 3.8) is 0 Å². The van der Waals surface area contributed by atoms with E-state index in [2.05, 4.69) is 4.65 Å². The van der Waals surface area contributed by atoms with Gasteiger partial charge in [-0.1, -0.05) is 0 Å². The van der Waals surface area contributed by atoms with Crippen molar-refractivity contribution in [1.82, 2.24) is 0 Å². The van der Waals surface area contributed by atoms with Gasteiger partial charge in [-0.05, 0) is 0 Å². The number of rotatable bonds is 2. The second-order valence-corrected chi connectivity index (χ2v) is 1.02. The fourth-order valence-corrected chi connectivity index (χ4v) is 0.166. The molecule has 0 aromatic rings. The van der Waals surface area contributed by atoms with Crippen LogP contribution in [0.15, 0.2) is 0 Å². The van der Waals surface area contributed by atoms with Crippen LogP contribution in [0.5, 0.6) is 0 Å². The number of hydrogen-bond donors (Lipinski definition) is 3. The van der Waals surface area contributed by atoms with Crippen molar-refractivity contribution in [2.75, 3.05) is 6.54 Å². The highest BCUT2D eigenvalue weighted by Crippen LogP contribution is 1.73. The molecular weight excluding hydrogens is 113 g/mol. The topological polar surface area (TPSA) is 92.8 Å². The van der Waals surface area contributed by atoms with Crippen molar-refractivity contribution in [3.05, 3.63) is 0 Å². The van der Waals surface area contributed by atoms with Gasteiger partial charge in [0.1, 0.15) is 0 Å². The van der Waals surface area contributed by atoms with Gasteiger partial charge in [-0.15, -0.1) is 0 Å². The maximum absolute atomic E-state index is 9.96. The van der Waals surface area contributed by atoms with Crippen molar-refractivity contribution < 1.29 is 19.5 Å². The first kappa shape index (κ1) is 7.41. The Labute approximate surface area is 46.2 Å². The average molecular weight is 119 g/mol. The SMILES string of the molecule is NCC(=O)OB(O)O. The van der Waals surface area contributed by atoms with Crippen LogP contribution in [-0.2, 0) is 9.45 Å². The van der Waals surface area contributed by atoms with Crippen LogP contribution >= 0.6 is 0 Å². The molecule has 0 rings (SSSR count). The van der Waals surface area contributed by atoms with Crippen LogP contribution in [0.1, 0.15) is 0 Å². The summed E-state index contributed by atoms with van der Waals surface area (Å²) in [5.41, 5.74) is 4.72. The first-order chi connectivity index (χ1) is 3.66. The molecular formula is C2H6BNO4. The molecule has 0 saturated carbocycles. The first-order valence-corrected chi connectivity index (χ1v) is 1.92. The summed E-state index contributed by atoms with van der Waals surface area (Å²) < 4.78 is 3.75. The number of carbonyl (C=O) groups excluding carboxylic acids is 1. The normalized spacial score (nSPS) is 8.38. The van der Waals surface area contributed by atoms with Gasteiger partial charge in [0.15, 0.2) is 0 Å². The highest BCUT2D eigenvalue weighted by molar-refractivity contribution is 6.35. The van der Waals surface area contributed by atoms with Crippen molar-refractivity contribution >= 4 is 13.3 Å². The van der Waals surface area contributed by atoms with Crippen LogP contribution in [0, 0.1) is 0 Å². The lowest BCUT2D eigenvalue weighted by Crippen LogP contribution is -2.26. The van der Waals surface area contributed by atoms with E-state index in [-0.39, 0.29) is 6.54 Å². The molecule has 0 heterocycles. The van der Waals surface area contributed by atoms with E-state index in [0.717, 1.165) is 0 Å². The molecule has 0 fully saturated rings. The highest BCUT2D eigenvalue weighted by atomic mass is 16.6. The molecule has 0 bridgehead atoms. The lowest BCUT2D eigenvalue weighted by molar-refractivity contribution is -0.135. The summed E-state index contributed by atoms with van der Waals surface area (Å²) in [7, 11) is -2.05. The molecule has 4 N–H and O–H groups in total. The molecule has 8 heavy (non-hydrogen) atoms. The molecule has 6 heteroatoms. The Bertz CT molecular complexity index is 84.1. The van der Waals surface area contributed by atoms with Gasteiger partial charge in [0.05, 0.1) is 6.54 Å². The summed E-state index contributed by atoms with van der Waals surface area (Å²) >= 11 is 0. The molecule has 46 valence electrons. The van der Waals surface area contributed by atoms with E-state index in [1.807, 2.05) is 0 Å². The second-order valence-electron chi connectivity index (χ2n) is 1.02. The van der Waals surface area contributed by atoms with Crippen molar-refractivity contribution in [2.24, 2.45) is 5.73 Å². The van der Waals surface area contributed by atoms with Gasteiger partial charge in [-0.3, -0.25) is 4.79 Å². The summed E-state index contributed by atoms with van der Waals surface area (Å²) in [6.45, 7) is -0.350. The summed E-state index contributed by atoms with van der Waals surface area (Å²) in [4.78, 5) is 9.96. The summed E-state index contributed by atoms with van der Waals surface area (Å²) in [5, 5.41) is 15.8. The second kappa shape index (κ2) is 3.42. The van der Waals surface area contributed by atoms with Crippen LogP contribution in [0.25, 0.3) is 0 Å². The molecule has 0 atom stereocenters. The van der Waals surface area contributed by atoms with E-state index in [1.54, 1.807) is 0 Å². The lowest BCUT2D eigenvalue weighted by atomic mass is 10.3. The Hall–Kier alpha value is -0.585. The maximum atomic E-state index is 9.96. The summed E-state index contributed by atoms with van der Waals surface area (Å²) in [6.07, 6.45) is 0. The zero-order valence-corrected chi connectivity index (χ0v) is 4.07. The smallest absolute Gasteiger partial charge is 0.484 e. The fourth-order valence-electron chi connectivity index (χ4n) is 0.166. The zero-order valence-electron chi connectivity index (χ0n) is 4.07. The third kappa shape index (κ3) is 3.60. The van der Waals surface area contributed by atoms with Gasteiger partial charge < -0.3 is 20.4 Å². The predicted octanol–water partition coefficient (Wildman–Crippen LogP) is -2.54. The van der Waals surface area contributed by atoms with Crippen molar-refractivity contribution in [3.8, 4) is 0 Å². The molecule has 0 saturated heterocycles. The molecule has 0 aliphatic rings. The van der Waals surface area contributed by atoms with E-state index in [9.17, 15) is 4.79 Å². The molecule has 5 nitrogen and oxygen atoms in total. The van der Waals surface area contributed by atoms with E-state index in [1.165, 1.54) is 0 Å².